The molecule has 0 fully saturated rings. The maximum absolute atomic E-state index is 4.91. The van der Waals surface area contributed by atoms with Crippen molar-refractivity contribution in [2.45, 2.75) is 0 Å². The van der Waals surface area contributed by atoms with E-state index in [2.05, 4.69) is 177 Å². The molecule has 3 nitrogen and oxygen atoms in total. The first-order chi connectivity index (χ1) is 30.5. The van der Waals surface area contributed by atoms with Crippen LogP contribution in [0.15, 0.2) is 216 Å². The summed E-state index contributed by atoms with van der Waals surface area (Å²) in [6.45, 7) is 0. The number of nitrogens with zero attached hydrogens (tertiary/aromatic N) is 3. The maximum atomic E-state index is 4.91. The Morgan fingerprint density at radius 3 is 0.952 bits per heavy atom. The Kier molecular flexibility index (Phi) is 12.6. The monoisotopic (exact) mass is 1110 g/mol. The first-order valence-corrected chi connectivity index (χ1v) is 21.8. The Hall–Kier alpha value is -6.40. The molecule has 0 radical (unpaired) electrons. The van der Waals surface area contributed by atoms with Crippen molar-refractivity contribution in [1.82, 2.24) is 15.0 Å². The molecule has 300 valence electrons. The van der Waals surface area contributed by atoms with E-state index < -0.39 is 0 Å². The zero-order valence-corrected chi connectivity index (χ0v) is 39.1. The van der Waals surface area contributed by atoms with Crippen LogP contribution in [0.3, 0.4) is 0 Å². The molecule has 0 aliphatic heterocycles. The second-order valence-corrected chi connectivity index (χ2v) is 16.7. The van der Waals surface area contributed by atoms with Crippen molar-refractivity contribution in [3.05, 3.63) is 234 Å². The van der Waals surface area contributed by atoms with Gasteiger partial charge in [0.15, 0.2) is 0 Å². The average molecular weight is 1110 g/mol. The summed E-state index contributed by atoms with van der Waals surface area (Å²) >= 11 is 7.19. The van der Waals surface area contributed by atoms with Crippen LogP contribution in [0.25, 0.3) is 101 Å². The smallest absolute Gasteiger partial charge is 0.304 e. The van der Waals surface area contributed by atoms with Crippen LogP contribution >= 0.6 is 31.9 Å². The molecule has 0 saturated carbocycles. The average Bonchev–Trinajstić information content (AvgIpc) is 3.34. The van der Waals surface area contributed by atoms with E-state index in [-0.39, 0.29) is 20.1 Å². The molecule has 0 bridgehead atoms. The summed E-state index contributed by atoms with van der Waals surface area (Å²) in [6.07, 6.45) is 5.89. The zero-order chi connectivity index (χ0) is 41.8. The van der Waals surface area contributed by atoms with Gasteiger partial charge in [0.1, 0.15) is 0 Å². The standard InChI is InChI=1S/C57H34Br2N3.Ir/c58-47-16-10-14-39(33-47)56-28-25-42(36-61-56)50-19-5-8-22-53(50)45-30-44(52-21-7-4-18-49(52)41-24-27-55(60-35-41)38-12-2-1-3-13-38)31-46(32-45)54-23-9-6-20-51(54)43-26-29-57(62-37-43)40-15-11-17-48(59)34-40;/h1-12,16-37H;/q-3;+3. The number of hydrogen-bond acceptors (Lipinski definition) is 3. The van der Waals surface area contributed by atoms with Gasteiger partial charge in [-0.1, -0.05) is 150 Å². The van der Waals surface area contributed by atoms with Gasteiger partial charge in [-0.3, -0.25) is 0 Å². The van der Waals surface area contributed by atoms with Crippen LogP contribution in [0.2, 0.25) is 0 Å². The van der Waals surface area contributed by atoms with E-state index in [0.717, 1.165) is 109 Å². The molecule has 6 heteroatoms. The second kappa shape index (κ2) is 18.9. The van der Waals surface area contributed by atoms with E-state index in [0.29, 0.717) is 0 Å². The van der Waals surface area contributed by atoms with E-state index in [9.17, 15) is 0 Å². The minimum Gasteiger partial charge on any atom is -0.304 e. The summed E-state index contributed by atoms with van der Waals surface area (Å²) in [7, 11) is 0. The third-order valence-corrected chi connectivity index (χ3v) is 11.9. The predicted octanol–water partition coefficient (Wildman–Crippen LogP) is 15.8. The summed E-state index contributed by atoms with van der Waals surface area (Å²) in [5.41, 5.74) is 18.5. The quantitative estimate of drug-likeness (QED) is 0.135. The molecule has 0 aliphatic rings. The second-order valence-electron chi connectivity index (χ2n) is 14.8. The van der Waals surface area contributed by atoms with E-state index in [4.69, 9.17) is 15.0 Å². The van der Waals surface area contributed by atoms with E-state index in [1.165, 1.54) is 0 Å². The molecule has 0 aliphatic carbocycles. The minimum atomic E-state index is 0. The summed E-state index contributed by atoms with van der Waals surface area (Å²) in [4.78, 5) is 14.7. The van der Waals surface area contributed by atoms with Gasteiger partial charge in [0.2, 0.25) is 0 Å². The van der Waals surface area contributed by atoms with Crippen LogP contribution in [0.4, 0.5) is 0 Å². The Morgan fingerprint density at radius 1 is 0.302 bits per heavy atom. The fourth-order valence-electron chi connectivity index (χ4n) is 7.92. The molecule has 3 aromatic heterocycles. The van der Waals surface area contributed by atoms with Crippen LogP contribution in [0.1, 0.15) is 0 Å². The van der Waals surface area contributed by atoms with Crippen molar-refractivity contribution >= 4 is 31.9 Å². The zero-order valence-electron chi connectivity index (χ0n) is 33.6. The summed E-state index contributed by atoms with van der Waals surface area (Å²) in [5.74, 6) is 0. The first kappa shape index (κ1) is 41.9. The van der Waals surface area contributed by atoms with Gasteiger partial charge in [-0.2, -0.15) is 0 Å². The van der Waals surface area contributed by atoms with Crippen LogP contribution in [-0.2, 0) is 20.1 Å². The van der Waals surface area contributed by atoms with E-state index >= 15 is 0 Å². The van der Waals surface area contributed by atoms with E-state index in [1.807, 2.05) is 79.3 Å². The van der Waals surface area contributed by atoms with Crippen LogP contribution in [0.5, 0.6) is 0 Å². The molecular formula is C57H34Br2IrN3. The number of pyridine rings is 3. The summed E-state index contributed by atoms with van der Waals surface area (Å²) in [5, 5.41) is 0. The van der Waals surface area contributed by atoms with Gasteiger partial charge in [0, 0.05) is 18.6 Å². The molecule has 10 aromatic rings. The normalized spacial score (nSPS) is 10.9. The number of halogens is 2. The van der Waals surface area contributed by atoms with Crippen LogP contribution in [0, 0.1) is 18.2 Å². The van der Waals surface area contributed by atoms with E-state index in [1.54, 1.807) is 0 Å². The van der Waals surface area contributed by atoms with Crippen LogP contribution < -0.4 is 0 Å². The van der Waals surface area contributed by atoms with Gasteiger partial charge in [-0.05, 0) is 102 Å². The van der Waals surface area contributed by atoms with Crippen molar-refractivity contribution < 1.29 is 20.1 Å². The summed E-state index contributed by atoms with van der Waals surface area (Å²) in [6, 6.07) is 75.1. The van der Waals surface area contributed by atoms with Gasteiger partial charge in [-0.15, -0.1) is 95.6 Å². The number of benzene rings is 7. The molecule has 0 N–H and O–H groups in total. The molecule has 0 atom stereocenters. The molecule has 0 unspecified atom stereocenters. The molecule has 10 rings (SSSR count). The number of hydrogen-bond donors (Lipinski definition) is 0. The van der Waals surface area contributed by atoms with Gasteiger partial charge in [0.05, 0.1) is 0 Å². The van der Waals surface area contributed by atoms with Crippen molar-refractivity contribution in [1.29, 1.82) is 0 Å². The Morgan fingerprint density at radius 2 is 0.635 bits per heavy atom. The molecule has 0 spiro atoms. The molecule has 3 heterocycles. The van der Waals surface area contributed by atoms with Gasteiger partial charge >= 0.3 is 20.1 Å². The molecule has 7 aromatic carbocycles. The van der Waals surface area contributed by atoms with Crippen molar-refractivity contribution in [2.24, 2.45) is 0 Å². The Bertz CT molecular complexity index is 3040. The van der Waals surface area contributed by atoms with Crippen molar-refractivity contribution in [3.63, 3.8) is 0 Å². The maximum Gasteiger partial charge on any atom is 3.00 e. The Labute approximate surface area is 398 Å². The van der Waals surface area contributed by atoms with Crippen molar-refractivity contribution in [3.8, 4) is 101 Å². The minimum absolute atomic E-state index is 0. The number of aromatic nitrogens is 3. The topological polar surface area (TPSA) is 38.7 Å². The van der Waals surface area contributed by atoms with Gasteiger partial charge < -0.3 is 15.0 Å². The molecule has 0 amide bonds. The Balaban J connectivity index is 0.00000504. The molecule has 63 heavy (non-hydrogen) atoms. The number of rotatable bonds is 9. The van der Waals surface area contributed by atoms with Crippen LogP contribution in [-0.4, -0.2) is 15.0 Å². The summed E-state index contributed by atoms with van der Waals surface area (Å²) < 4.78 is 1.99. The molecule has 0 saturated heterocycles. The van der Waals surface area contributed by atoms with Gasteiger partial charge in [-0.25, -0.2) is 0 Å². The van der Waals surface area contributed by atoms with Gasteiger partial charge in [0.25, 0.3) is 0 Å². The third-order valence-electron chi connectivity index (χ3n) is 10.9. The third kappa shape index (κ3) is 9.08. The largest absolute Gasteiger partial charge is 3.00 e. The fraction of sp³-hybridized carbons (Fsp3) is 0. The fourth-order valence-corrected chi connectivity index (χ4v) is 8.64. The molecular weight excluding hydrogens is 1080 g/mol. The first-order valence-electron chi connectivity index (χ1n) is 20.2. The predicted molar refractivity (Wildman–Crippen MR) is 261 cm³/mol. The SMILES string of the molecule is Brc1cc[c-]c(-c2ccc(-c3ccccc3-c3cc(-c4ccccc4-c4ccc(-c5[c-]cccc5)nc4)cc(-c4ccccc4-c4ccc(-c5[c-]ccc(Br)c5)nc4)c3)cn2)c1.[Ir+3]. The van der Waals surface area contributed by atoms with Crippen molar-refractivity contribution in [2.75, 3.05) is 0 Å².